The number of carboxylic acid groups (broad SMARTS) is 2. The molecular formula is C15H28N2O7S. The van der Waals surface area contributed by atoms with E-state index >= 15 is 0 Å². The molecule has 2 aliphatic heterocycles. The summed E-state index contributed by atoms with van der Waals surface area (Å²) in [5, 5.41) is 14.8. The Balaban J connectivity index is 0.000000450. The van der Waals surface area contributed by atoms with Gasteiger partial charge >= 0.3 is 11.9 Å². The van der Waals surface area contributed by atoms with Gasteiger partial charge in [0.2, 0.25) is 10.0 Å². The average molecular weight is 380 g/mol. The highest BCUT2D eigenvalue weighted by molar-refractivity contribution is 7.89. The second-order valence-electron chi connectivity index (χ2n) is 6.35. The maximum Gasteiger partial charge on any atom is 0.414 e. The van der Waals surface area contributed by atoms with Crippen molar-refractivity contribution in [3.63, 3.8) is 0 Å². The van der Waals surface area contributed by atoms with Crippen LogP contribution in [-0.4, -0.2) is 90.0 Å². The number of piperidine rings is 1. The minimum atomic E-state index is -3.01. The summed E-state index contributed by atoms with van der Waals surface area (Å²) in [4.78, 5) is 20.7. The zero-order chi connectivity index (χ0) is 19.2. The van der Waals surface area contributed by atoms with E-state index in [1.807, 2.05) is 0 Å². The van der Waals surface area contributed by atoms with Crippen LogP contribution in [0.15, 0.2) is 0 Å². The molecule has 0 aromatic rings. The summed E-state index contributed by atoms with van der Waals surface area (Å²) < 4.78 is 31.1. The van der Waals surface area contributed by atoms with Crippen molar-refractivity contribution in [2.45, 2.75) is 51.9 Å². The predicted molar refractivity (Wildman–Crippen MR) is 90.9 cm³/mol. The lowest BCUT2D eigenvalue weighted by Crippen LogP contribution is -2.53. The molecule has 0 aliphatic carbocycles. The molecule has 2 heterocycles. The monoisotopic (exact) mass is 380 g/mol. The van der Waals surface area contributed by atoms with Crippen LogP contribution in [0.4, 0.5) is 0 Å². The number of hydrogen-bond donors (Lipinski definition) is 2. The average Bonchev–Trinajstić information content (AvgIpc) is 2.54. The van der Waals surface area contributed by atoms with Gasteiger partial charge in [0.15, 0.2) is 0 Å². The summed E-state index contributed by atoms with van der Waals surface area (Å²) in [6, 6.07) is 0.511. The molecule has 2 N–H and O–H groups in total. The van der Waals surface area contributed by atoms with Gasteiger partial charge in [0.25, 0.3) is 0 Å². The fraction of sp³-hybridized carbons (Fsp3) is 0.867. The third kappa shape index (κ3) is 6.89. The minimum Gasteiger partial charge on any atom is -0.473 e. The first kappa shape index (κ1) is 21.8. The Morgan fingerprint density at radius 1 is 1.04 bits per heavy atom. The van der Waals surface area contributed by atoms with Gasteiger partial charge in [0.1, 0.15) is 0 Å². The number of carboxylic acids is 2. The molecule has 0 amide bonds. The van der Waals surface area contributed by atoms with Crippen LogP contribution < -0.4 is 0 Å². The van der Waals surface area contributed by atoms with Gasteiger partial charge in [-0.05, 0) is 33.6 Å². The van der Waals surface area contributed by atoms with Crippen molar-refractivity contribution in [1.82, 2.24) is 9.21 Å². The molecule has 0 aromatic heterocycles. The smallest absolute Gasteiger partial charge is 0.414 e. The van der Waals surface area contributed by atoms with Gasteiger partial charge in [-0.15, -0.1) is 0 Å². The first-order valence-corrected chi connectivity index (χ1v) is 10.0. The molecule has 0 radical (unpaired) electrons. The molecule has 9 nitrogen and oxygen atoms in total. The molecule has 10 heteroatoms. The zero-order valence-electron chi connectivity index (χ0n) is 14.9. The second-order valence-corrected chi connectivity index (χ2v) is 8.61. The van der Waals surface area contributed by atoms with Gasteiger partial charge in [-0.2, -0.15) is 0 Å². The van der Waals surface area contributed by atoms with Crippen LogP contribution >= 0.6 is 0 Å². The van der Waals surface area contributed by atoms with Crippen LogP contribution in [0.2, 0.25) is 0 Å². The van der Waals surface area contributed by atoms with E-state index in [1.165, 1.54) is 0 Å². The summed E-state index contributed by atoms with van der Waals surface area (Å²) in [5.74, 6) is -3.44. The Morgan fingerprint density at radius 2 is 1.48 bits per heavy atom. The molecule has 2 unspecified atom stereocenters. The summed E-state index contributed by atoms with van der Waals surface area (Å²) >= 11 is 0. The van der Waals surface area contributed by atoms with E-state index in [-0.39, 0.29) is 18.0 Å². The van der Waals surface area contributed by atoms with Crippen molar-refractivity contribution < 1.29 is 33.0 Å². The standard InChI is InChI=1S/C13H26N2O3S.C2H2O4/c1-4-19(16,17)15-7-5-13(6-8-15)14-9-11(2)18-12(3)10-14;3-1(4)2(5)6/h11-13H,4-10H2,1-3H3;(H,3,4)(H,5,6). The van der Waals surface area contributed by atoms with Crippen LogP contribution in [0.1, 0.15) is 33.6 Å². The van der Waals surface area contributed by atoms with Gasteiger partial charge in [0.05, 0.1) is 18.0 Å². The van der Waals surface area contributed by atoms with Crippen molar-refractivity contribution in [3.05, 3.63) is 0 Å². The summed E-state index contributed by atoms with van der Waals surface area (Å²) in [6.07, 6.45) is 2.44. The molecule has 0 saturated carbocycles. The Hall–Kier alpha value is -1.23. The maximum absolute atomic E-state index is 11.8. The van der Waals surface area contributed by atoms with E-state index in [4.69, 9.17) is 24.5 Å². The van der Waals surface area contributed by atoms with E-state index < -0.39 is 22.0 Å². The zero-order valence-corrected chi connectivity index (χ0v) is 15.7. The van der Waals surface area contributed by atoms with Crippen LogP contribution in [-0.2, 0) is 24.3 Å². The highest BCUT2D eigenvalue weighted by Gasteiger charge is 2.32. The van der Waals surface area contributed by atoms with Gasteiger partial charge in [-0.3, -0.25) is 4.90 Å². The topological polar surface area (TPSA) is 124 Å². The lowest BCUT2D eigenvalue weighted by atomic mass is 10.0. The van der Waals surface area contributed by atoms with Crippen molar-refractivity contribution in [2.75, 3.05) is 31.9 Å². The number of carbonyl (C=O) groups is 2. The molecule has 2 rings (SSSR count). The largest absolute Gasteiger partial charge is 0.473 e. The predicted octanol–water partition coefficient (Wildman–Crippen LogP) is 0.0653. The minimum absolute atomic E-state index is 0.212. The molecule has 2 atom stereocenters. The van der Waals surface area contributed by atoms with Crippen molar-refractivity contribution in [2.24, 2.45) is 0 Å². The van der Waals surface area contributed by atoms with E-state index in [9.17, 15) is 8.42 Å². The number of nitrogens with zero attached hydrogens (tertiary/aromatic N) is 2. The molecule has 0 spiro atoms. The molecule has 146 valence electrons. The van der Waals surface area contributed by atoms with Crippen LogP contribution in [0.3, 0.4) is 0 Å². The number of aliphatic carboxylic acids is 2. The molecule has 0 bridgehead atoms. The summed E-state index contributed by atoms with van der Waals surface area (Å²) in [5.41, 5.74) is 0. The Kier molecular flexibility index (Phi) is 8.26. The molecule has 2 aliphatic rings. The number of morpholine rings is 1. The van der Waals surface area contributed by atoms with E-state index in [0.717, 1.165) is 25.9 Å². The molecule has 0 aromatic carbocycles. The third-order valence-corrected chi connectivity index (χ3v) is 6.21. The van der Waals surface area contributed by atoms with Gasteiger partial charge in [-0.25, -0.2) is 22.3 Å². The highest BCUT2D eigenvalue weighted by atomic mass is 32.2. The van der Waals surface area contributed by atoms with Crippen molar-refractivity contribution in [3.8, 4) is 0 Å². The van der Waals surface area contributed by atoms with E-state index in [1.54, 1.807) is 11.2 Å². The quantitative estimate of drug-likeness (QED) is 0.659. The van der Waals surface area contributed by atoms with Gasteiger partial charge in [0, 0.05) is 32.2 Å². The number of ether oxygens (including phenoxy) is 1. The molecule has 25 heavy (non-hydrogen) atoms. The van der Waals surface area contributed by atoms with E-state index in [2.05, 4.69) is 18.7 Å². The maximum atomic E-state index is 11.8. The van der Waals surface area contributed by atoms with Crippen LogP contribution in [0.25, 0.3) is 0 Å². The summed E-state index contributed by atoms with van der Waals surface area (Å²) in [7, 11) is -3.01. The van der Waals surface area contributed by atoms with Gasteiger partial charge in [-0.1, -0.05) is 0 Å². The normalized spacial score (nSPS) is 26.5. The molecule has 2 fully saturated rings. The molecule has 2 saturated heterocycles. The van der Waals surface area contributed by atoms with Crippen molar-refractivity contribution in [1.29, 1.82) is 0 Å². The number of hydrogen-bond acceptors (Lipinski definition) is 6. The summed E-state index contributed by atoms with van der Waals surface area (Å²) in [6.45, 7) is 9.21. The molecular weight excluding hydrogens is 352 g/mol. The fourth-order valence-electron chi connectivity index (χ4n) is 3.18. The SMILES string of the molecule is CCS(=O)(=O)N1CCC(N2CC(C)OC(C)C2)CC1.O=C(O)C(=O)O. The fourth-order valence-corrected chi connectivity index (χ4v) is 4.32. The van der Waals surface area contributed by atoms with Gasteiger partial charge < -0.3 is 14.9 Å². The number of rotatable bonds is 3. The Labute approximate surface area is 148 Å². The van der Waals surface area contributed by atoms with Crippen LogP contribution in [0, 0.1) is 0 Å². The van der Waals surface area contributed by atoms with E-state index in [0.29, 0.717) is 19.1 Å². The number of sulfonamides is 1. The third-order valence-electron chi connectivity index (χ3n) is 4.33. The Morgan fingerprint density at radius 3 is 1.84 bits per heavy atom. The lowest BCUT2D eigenvalue weighted by Gasteiger charge is -2.43. The second kappa shape index (κ2) is 9.46. The lowest BCUT2D eigenvalue weighted by molar-refractivity contribution is -0.159. The van der Waals surface area contributed by atoms with Crippen LogP contribution in [0.5, 0.6) is 0 Å². The first-order chi connectivity index (χ1) is 11.6. The Bertz CT molecular complexity index is 536. The van der Waals surface area contributed by atoms with Crippen molar-refractivity contribution >= 4 is 22.0 Å². The first-order valence-electron chi connectivity index (χ1n) is 8.40. The highest BCUT2D eigenvalue weighted by Crippen LogP contribution is 2.22.